The number of ether oxygens (including phenoxy) is 2. The third kappa shape index (κ3) is 8.08. The van der Waals surface area contributed by atoms with E-state index in [0.29, 0.717) is 18.5 Å². The molecule has 1 unspecified atom stereocenters. The number of halogens is 1. The summed E-state index contributed by atoms with van der Waals surface area (Å²) >= 11 is 0. The molecule has 9 heteroatoms. The molecule has 2 aliphatic rings. The van der Waals surface area contributed by atoms with Gasteiger partial charge in [-0.25, -0.2) is 4.99 Å². The molecule has 0 radical (unpaired) electrons. The largest absolute Gasteiger partial charge is 0.497 e. The molecule has 0 spiro atoms. The Labute approximate surface area is 209 Å². The lowest BCUT2D eigenvalue weighted by molar-refractivity contribution is -0.127. The van der Waals surface area contributed by atoms with Crippen molar-refractivity contribution in [2.45, 2.75) is 37.8 Å². The van der Waals surface area contributed by atoms with Gasteiger partial charge in [0.05, 0.1) is 26.4 Å². The van der Waals surface area contributed by atoms with Crippen molar-refractivity contribution >= 4 is 35.8 Å². The van der Waals surface area contributed by atoms with Gasteiger partial charge >= 0.3 is 0 Å². The molecule has 1 atom stereocenters. The van der Waals surface area contributed by atoms with E-state index in [1.165, 1.54) is 18.4 Å². The van der Waals surface area contributed by atoms with Gasteiger partial charge in [0.2, 0.25) is 5.91 Å². The number of hydrogen-bond donors (Lipinski definition) is 2. The van der Waals surface area contributed by atoms with Gasteiger partial charge in [-0.05, 0) is 30.5 Å². The number of rotatable bonds is 8. The van der Waals surface area contributed by atoms with E-state index < -0.39 is 0 Å². The number of morpholine rings is 1. The molecule has 1 aromatic rings. The summed E-state index contributed by atoms with van der Waals surface area (Å²) in [4.78, 5) is 20.7. The van der Waals surface area contributed by atoms with Crippen LogP contribution in [0.5, 0.6) is 5.75 Å². The summed E-state index contributed by atoms with van der Waals surface area (Å²) in [6, 6.07) is 8.85. The van der Waals surface area contributed by atoms with Crippen LogP contribution in [0.4, 0.5) is 0 Å². The number of carbonyl (C=O) groups is 1. The minimum absolute atomic E-state index is 0. The molecule has 1 aliphatic heterocycles. The van der Waals surface area contributed by atoms with Gasteiger partial charge < -0.3 is 25.0 Å². The van der Waals surface area contributed by atoms with Crippen LogP contribution in [0.3, 0.4) is 0 Å². The Bertz CT molecular complexity index is 717. The monoisotopic (exact) mass is 559 g/mol. The van der Waals surface area contributed by atoms with E-state index in [-0.39, 0.29) is 42.5 Å². The molecule has 1 heterocycles. The Morgan fingerprint density at radius 3 is 2.47 bits per heavy atom. The molecule has 0 bridgehead atoms. The first kappa shape index (κ1) is 26.7. The Balaban J connectivity index is 0.00000363. The highest BCUT2D eigenvalue weighted by atomic mass is 127. The number of carbonyl (C=O) groups excluding carboxylic acids is 1. The van der Waals surface area contributed by atoms with Crippen molar-refractivity contribution in [3.05, 3.63) is 29.8 Å². The maximum Gasteiger partial charge on any atom is 0.243 e. The zero-order chi connectivity index (χ0) is 22.1. The van der Waals surface area contributed by atoms with Crippen LogP contribution in [-0.4, -0.2) is 88.3 Å². The predicted octanol–water partition coefficient (Wildman–Crippen LogP) is 2.25. The first-order valence-electron chi connectivity index (χ1n) is 11.3. The van der Waals surface area contributed by atoms with Crippen LogP contribution in [0, 0.1) is 0 Å². The van der Waals surface area contributed by atoms with Crippen molar-refractivity contribution in [3.8, 4) is 5.75 Å². The Morgan fingerprint density at radius 1 is 1.22 bits per heavy atom. The van der Waals surface area contributed by atoms with E-state index >= 15 is 0 Å². The molecule has 180 valence electrons. The second-order valence-electron chi connectivity index (χ2n) is 8.40. The molecule has 3 rings (SSSR count). The Morgan fingerprint density at radius 2 is 1.88 bits per heavy atom. The van der Waals surface area contributed by atoms with E-state index in [0.717, 1.165) is 44.9 Å². The quantitative estimate of drug-likeness (QED) is 0.289. The first-order valence-corrected chi connectivity index (χ1v) is 11.3. The maximum absolute atomic E-state index is 12.1. The molecule has 1 saturated heterocycles. The van der Waals surface area contributed by atoms with E-state index in [2.05, 4.69) is 32.7 Å². The van der Waals surface area contributed by atoms with Crippen LogP contribution in [0.1, 0.15) is 37.3 Å². The van der Waals surface area contributed by atoms with Crippen LogP contribution in [-0.2, 0) is 9.53 Å². The lowest BCUT2D eigenvalue weighted by Gasteiger charge is -2.35. The minimum atomic E-state index is -0.00703. The second kappa shape index (κ2) is 13.8. The number of guanidine groups is 1. The molecule has 1 saturated carbocycles. The topological polar surface area (TPSA) is 78.4 Å². The van der Waals surface area contributed by atoms with Crippen LogP contribution >= 0.6 is 24.0 Å². The van der Waals surface area contributed by atoms with Gasteiger partial charge in [0.25, 0.3) is 0 Å². The second-order valence-corrected chi connectivity index (χ2v) is 8.40. The van der Waals surface area contributed by atoms with Crippen LogP contribution in [0.2, 0.25) is 0 Å². The summed E-state index contributed by atoms with van der Waals surface area (Å²) in [5.74, 6) is 1.56. The zero-order valence-electron chi connectivity index (χ0n) is 19.5. The summed E-state index contributed by atoms with van der Waals surface area (Å²) in [5, 5.41) is 7.06. The van der Waals surface area contributed by atoms with Crippen molar-refractivity contribution in [1.29, 1.82) is 0 Å². The third-order valence-electron chi connectivity index (χ3n) is 6.02. The molecule has 1 aromatic carbocycles. The number of hydrogen-bond acceptors (Lipinski definition) is 5. The van der Waals surface area contributed by atoms with E-state index in [9.17, 15) is 4.79 Å². The molecule has 1 aliphatic carbocycles. The van der Waals surface area contributed by atoms with Crippen molar-refractivity contribution in [3.63, 3.8) is 0 Å². The maximum atomic E-state index is 12.1. The van der Waals surface area contributed by atoms with Crippen molar-refractivity contribution in [2.24, 2.45) is 4.99 Å². The number of amides is 1. The number of likely N-dealkylation sites (N-methyl/N-ethyl adjacent to an activating group) is 1. The smallest absolute Gasteiger partial charge is 0.243 e. The predicted molar refractivity (Wildman–Crippen MR) is 138 cm³/mol. The van der Waals surface area contributed by atoms with Gasteiger partial charge in [0.1, 0.15) is 12.3 Å². The number of aliphatic imine (C=N–C) groups is 1. The van der Waals surface area contributed by atoms with Crippen molar-refractivity contribution in [2.75, 3.05) is 60.6 Å². The highest BCUT2D eigenvalue weighted by Crippen LogP contribution is 2.24. The van der Waals surface area contributed by atoms with Gasteiger partial charge in [-0.15, -0.1) is 24.0 Å². The fourth-order valence-electron chi connectivity index (χ4n) is 4.07. The molecule has 32 heavy (non-hydrogen) atoms. The van der Waals surface area contributed by atoms with Gasteiger partial charge in [0, 0.05) is 39.8 Å². The number of benzene rings is 1. The van der Waals surface area contributed by atoms with Crippen LogP contribution in [0.25, 0.3) is 0 Å². The van der Waals surface area contributed by atoms with Gasteiger partial charge in [-0.2, -0.15) is 0 Å². The molecule has 2 N–H and O–H groups in total. The fourth-order valence-corrected chi connectivity index (χ4v) is 4.07. The highest BCUT2D eigenvalue weighted by molar-refractivity contribution is 14.0. The van der Waals surface area contributed by atoms with E-state index in [1.54, 1.807) is 26.1 Å². The minimum Gasteiger partial charge on any atom is -0.497 e. The molecule has 8 nitrogen and oxygen atoms in total. The highest BCUT2D eigenvalue weighted by Gasteiger charge is 2.24. The van der Waals surface area contributed by atoms with E-state index in [1.807, 2.05) is 12.1 Å². The average molecular weight is 559 g/mol. The van der Waals surface area contributed by atoms with Gasteiger partial charge in [0.15, 0.2) is 5.96 Å². The number of nitrogens with zero attached hydrogens (tertiary/aromatic N) is 3. The summed E-state index contributed by atoms with van der Waals surface area (Å²) in [5.41, 5.74) is 1.22. The lowest BCUT2D eigenvalue weighted by Crippen LogP contribution is -2.48. The first-order chi connectivity index (χ1) is 15.1. The Kier molecular flexibility index (Phi) is 11.5. The van der Waals surface area contributed by atoms with Crippen LogP contribution < -0.4 is 15.4 Å². The van der Waals surface area contributed by atoms with Crippen LogP contribution in [0.15, 0.2) is 29.3 Å². The third-order valence-corrected chi connectivity index (χ3v) is 6.02. The summed E-state index contributed by atoms with van der Waals surface area (Å²) in [7, 11) is 5.20. The fraction of sp³-hybridized carbons (Fsp3) is 0.652. The number of nitrogens with one attached hydrogen (secondary N) is 2. The van der Waals surface area contributed by atoms with E-state index in [4.69, 9.17) is 9.47 Å². The van der Waals surface area contributed by atoms with Crippen molar-refractivity contribution < 1.29 is 14.3 Å². The summed E-state index contributed by atoms with van der Waals surface area (Å²) in [6.45, 7) is 4.09. The molecule has 0 aromatic heterocycles. The van der Waals surface area contributed by atoms with Crippen molar-refractivity contribution in [1.82, 2.24) is 20.4 Å². The normalized spacial score (nSPS) is 18.5. The number of methoxy groups -OCH3 is 1. The average Bonchev–Trinajstić information content (AvgIpc) is 3.31. The summed E-state index contributed by atoms with van der Waals surface area (Å²) in [6.07, 6.45) is 4.77. The molecule has 1 amide bonds. The molecular weight excluding hydrogens is 521 g/mol. The zero-order valence-corrected chi connectivity index (χ0v) is 21.8. The van der Waals surface area contributed by atoms with Gasteiger partial charge in [-0.3, -0.25) is 9.69 Å². The standard InChI is InChI=1S/C23H37N5O3.HI/c1-27(2)22(29)17-25-23(26-19-6-4-5-7-19)24-16-21(28-12-14-31-15-13-28)18-8-10-20(30-3)11-9-18;/h8-11,19,21H,4-7,12-17H2,1-3H3,(H2,24,25,26);1H. The van der Waals surface area contributed by atoms with Gasteiger partial charge in [-0.1, -0.05) is 25.0 Å². The lowest BCUT2D eigenvalue weighted by atomic mass is 10.0. The SMILES string of the molecule is COc1ccc(C(CNC(=NCC(=O)N(C)C)NC2CCCC2)N2CCOCC2)cc1.I. The summed E-state index contributed by atoms with van der Waals surface area (Å²) < 4.78 is 10.9. The molecule has 2 fully saturated rings. The molecular formula is C23H38IN5O3. The Hall–Kier alpha value is -1.59.